The first-order valence-corrected chi connectivity index (χ1v) is 6.62. The molecule has 0 atom stereocenters. The molecule has 0 fully saturated rings. The molecule has 4 heteroatoms. The Morgan fingerprint density at radius 1 is 1.05 bits per heavy atom. The average molecular weight is 283 g/mol. The maximum absolute atomic E-state index is 11.5. The van der Waals surface area contributed by atoms with Gasteiger partial charge in [0, 0.05) is 12.6 Å². The average Bonchev–Trinajstić information content (AvgIpc) is 2.47. The van der Waals surface area contributed by atoms with Crippen LogP contribution in [0.5, 0.6) is 0 Å². The van der Waals surface area contributed by atoms with E-state index in [2.05, 4.69) is 5.32 Å². The van der Waals surface area contributed by atoms with Gasteiger partial charge >= 0.3 is 5.97 Å². The van der Waals surface area contributed by atoms with Crippen LogP contribution in [0.25, 0.3) is 11.1 Å². The Balaban J connectivity index is 2.41. The highest BCUT2D eigenvalue weighted by molar-refractivity contribution is 5.90. The normalized spacial score (nSPS) is 10.0. The molecule has 0 spiro atoms. The number of anilines is 1. The molecule has 0 aromatic heterocycles. The highest BCUT2D eigenvalue weighted by Crippen LogP contribution is 2.25. The number of amides is 1. The molecule has 21 heavy (non-hydrogen) atoms. The van der Waals surface area contributed by atoms with Gasteiger partial charge in [-0.15, -0.1) is 0 Å². The van der Waals surface area contributed by atoms with Crippen LogP contribution >= 0.6 is 0 Å². The number of carbonyl (C=O) groups excluding carboxylic acids is 2. The van der Waals surface area contributed by atoms with Gasteiger partial charge in [0.05, 0.1) is 13.5 Å². The molecule has 0 saturated heterocycles. The highest BCUT2D eigenvalue weighted by Gasteiger charge is 2.08. The number of nitrogens with one attached hydrogen (secondary N) is 1. The molecular formula is C17H17NO3. The van der Waals surface area contributed by atoms with Crippen molar-refractivity contribution in [1.82, 2.24) is 0 Å². The van der Waals surface area contributed by atoms with E-state index < -0.39 is 0 Å². The summed E-state index contributed by atoms with van der Waals surface area (Å²) in [4.78, 5) is 22.7. The lowest BCUT2D eigenvalue weighted by molar-refractivity contribution is -0.139. The first-order chi connectivity index (χ1) is 10.1. The molecule has 1 N–H and O–H groups in total. The minimum atomic E-state index is -0.311. The minimum absolute atomic E-state index is 0.149. The predicted octanol–water partition coefficient (Wildman–Crippen LogP) is 3.03. The maximum atomic E-state index is 11.5. The summed E-state index contributed by atoms with van der Waals surface area (Å²) in [5, 5.41) is 2.76. The molecule has 0 aliphatic heterocycles. The van der Waals surface area contributed by atoms with Crippen LogP contribution in [-0.2, 0) is 20.7 Å². The van der Waals surface area contributed by atoms with Crippen molar-refractivity contribution in [3.63, 3.8) is 0 Å². The molecule has 0 heterocycles. The van der Waals surface area contributed by atoms with Gasteiger partial charge in [-0.1, -0.05) is 36.4 Å². The molecule has 0 aliphatic rings. The van der Waals surface area contributed by atoms with Crippen molar-refractivity contribution in [2.75, 3.05) is 12.4 Å². The molecule has 0 aliphatic carbocycles. The lowest BCUT2D eigenvalue weighted by Crippen LogP contribution is -2.08. The van der Waals surface area contributed by atoms with Crippen LogP contribution in [0.3, 0.4) is 0 Å². The number of ether oxygens (including phenoxy) is 1. The quantitative estimate of drug-likeness (QED) is 0.877. The van der Waals surface area contributed by atoms with E-state index in [-0.39, 0.29) is 18.3 Å². The van der Waals surface area contributed by atoms with Gasteiger partial charge in [0.25, 0.3) is 0 Å². The zero-order valence-corrected chi connectivity index (χ0v) is 12.1. The Bertz CT molecular complexity index is 650. The molecule has 2 aromatic carbocycles. The van der Waals surface area contributed by atoms with E-state index in [1.54, 1.807) is 6.07 Å². The van der Waals surface area contributed by atoms with Gasteiger partial charge in [-0.05, 0) is 28.8 Å². The lowest BCUT2D eigenvalue weighted by Gasteiger charge is -2.10. The predicted molar refractivity (Wildman–Crippen MR) is 81.9 cm³/mol. The lowest BCUT2D eigenvalue weighted by atomic mass is 10.0. The molecule has 1 amide bonds. The highest BCUT2D eigenvalue weighted by atomic mass is 16.5. The molecule has 0 saturated carbocycles. The number of hydrogen-bond donors (Lipinski definition) is 1. The summed E-state index contributed by atoms with van der Waals surface area (Å²) in [7, 11) is 1.36. The van der Waals surface area contributed by atoms with Crippen LogP contribution in [0.1, 0.15) is 12.5 Å². The Morgan fingerprint density at radius 2 is 1.76 bits per heavy atom. The minimum Gasteiger partial charge on any atom is -0.469 e. The second kappa shape index (κ2) is 6.70. The molecular weight excluding hydrogens is 266 g/mol. The molecule has 0 unspecified atom stereocenters. The third-order valence-corrected chi connectivity index (χ3v) is 3.00. The summed E-state index contributed by atoms with van der Waals surface area (Å²) in [6, 6.07) is 15.4. The second-order valence-corrected chi connectivity index (χ2v) is 4.72. The fourth-order valence-electron chi connectivity index (χ4n) is 2.11. The molecule has 108 valence electrons. The van der Waals surface area contributed by atoms with E-state index in [9.17, 15) is 9.59 Å². The van der Waals surface area contributed by atoms with E-state index in [0.29, 0.717) is 5.69 Å². The van der Waals surface area contributed by atoms with Crippen molar-refractivity contribution >= 4 is 17.6 Å². The van der Waals surface area contributed by atoms with Crippen LogP contribution in [0, 0.1) is 0 Å². The van der Waals surface area contributed by atoms with Gasteiger partial charge in [-0.25, -0.2) is 0 Å². The van der Waals surface area contributed by atoms with E-state index in [4.69, 9.17) is 4.74 Å². The Hall–Kier alpha value is -2.62. The van der Waals surface area contributed by atoms with Crippen molar-refractivity contribution in [3.8, 4) is 11.1 Å². The van der Waals surface area contributed by atoms with Crippen LogP contribution < -0.4 is 5.32 Å². The monoisotopic (exact) mass is 283 g/mol. The molecule has 2 rings (SSSR count). The maximum Gasteiger partial charge on any atom is 0.309 e. The zero-order chi connectivity index (χ0) is 15.2. The van der Waals surface area contributed by atoms with E-state index in [1.165, 1.54) is 14.0 Å². The third-order valence-electron chi connectivity index (χ3n) is 3.00. The topological polar surface area (TPSA) is 55.4 Å². The number of esters is 1. The van der Waals surface area contributed by atoms with Gasteiger partial charge < -0.3 is 10.1 Å². The standard InChI is InChI=1S/C17H17NO3/c1-12(19)18-16-9-13(10-17(20)21-2)8-15(11-16)14-6-4-3-5-7-14/h3-9,11H,10H2,1-2H3,(H,18,19). The van der Waals surface area contributed by atoms with Crippen molar-refractivity contribution in [3.05, 3.63) is 54.1 Å². The van der Waals surface area contributed by atoms with Gasteiger partial charge in [-0.2, -0.15) is 0 Å². The summed E-state index contributed by atoms with van der Waals surface area (Å²) in [6.45, 7) is 1.45. The second-order valence-electron chi connectivity index (χ2n) is 4.72. The molecule has 0 radical (unpaired) electrons. The number of carbonyl (C=O) groups is 2. The largest absolute Gasteiger partial charge is 0.469 e. The third kappa shape index (κ3) is 4.18. The van der Waals surface area contributed by atoms with Crippen molar-refractivity contribution < 1.29 is 14.3 Å². The number of benzene rings is 2. The van der Waals surface area contributed by atoms with Crippen LogP contribution in [0.4, 0.5) is 5.69 Å². The van der Waals surface area contributed by atoms with Crippen molar-refractivity contribution in [2.45, 2.75) is 13.3 Å². The fraction of sp³-hybridized carbons (Fsp3) is 0.176. The first-order valence-electron chi connectivity index (χ1n) is 6.62. The number of rotatable bonds is 4. The SMILES string of the molecule is COC(=O)Cc1cc(NC(C)=O)cc(-c2ccccc2)c1. The summed E-state index contributed by atoms with van der Waals surface area (Å²) < 4.78 is 4.69. The smallest absolute Gasteiger partial charge is 0.309 e. The van der Waals surface area contributed by atoms with E-state index >= 15 is 0 Å². The van der Waals surface area contributed by atoms with E-state index in [1.807, 2.05) is 42.5 Å². The molecule has 2 aromatic rings. The van der Waals surface area contributed by atoms with E-state index in [0.717, 1.165) is 16.7 Å². The molecule has 0 bridgehead atoms. The van der Waals surface area contributed by atoms with Gasteiger partial charge in [-0.3, -0.25) is 9.59 Å². The van der Waals surface area contributed by atoms with Crippen molar-refractivity contribution in [2.24, 2.45) is 0 Å². The molecule has 4 nitrogen and oxygen atoms in total. The zero-order valence-electron chi connectivity index (χ0n) is 12.1. The van der Waals surface area contributed by atoms with Crippen LogP contribution in [0.2, 0.25) is 0 Å². The number of methoxy groups -OCH3 is 1. The number of hydrogen-bond acceptors (Lipinski definition) is 3. The first kappa shape index (κ1) is 14.8. The summed E-state index contributed by atoms with van der Waals surface area (Å²) >= 11 is 0. The Labute approximate surface area is 123 Å². The summed E-state index contributed by atoms with van der Waals surface area (Å²) in [6.07, 6.45) is 0.170. The van der Waals surface area contributed by atoms with Crippen molar-refractivity contribution in [1.29, 1.82) is 0 Å². The summed E-state index contributed by atoms with van der Waals surface area (Å²) in [5.41, 5.74) is 3.44. The van der Waals surface area contributed by atoms with Gasteiger partial charge in [0.15, 0.2) is 0 Å². The Morgan fingerprint density at radius 3 is 2.38 bits per heavy atom. The fourth-order valence-corrected chi connectivity index (χ4v) is 2.11. The van der Waals surface area contributed by atoms with Gasteiger partial charge in [0.1, 0.15) is 0 Å². The summed E-state index contributed by atoms with van der Waals surface area (Å²) in [5.74, 6) is -0.460. The Kier molecular flexibility index (Phi) is 4.72. The van der Waals surface area contributed by atoms with Crippen LogP contribution in [-0.4, -0.2) is 19.0 Å². The van der Waals surface area contributed by atoms with Crippen LogP contribution in [0.15, 0.2) is 48.5 Å². The van der Waals surface area contributed by atoms with Gasteiger partial charge in [0.2, 0.25) is 5.91 Å².